The van der Waals surface area contributed by atoms with Crippen molar-refractivity contribution < 1.29 is 27.5 Å². The maximum atomic E-state index is 12.9. The largest absolute Gasteiger partial charge is 0.495 e. The van der Waals surface area contributed by atoms with Crippen LogP contribution in [-0.4, -0.2) is 40.6 Å². The molecule has 2 N–H and O–H groups in total. The van der Waals surface area contributed by atoms with Crippen molar-refractivity contribution in [3.63, 3.8) is 0 Å². The molecule has 0 unspecified atom stereocenters. The Bertz CT molecular complexity index is 1010. The molecule has 156 valence electrons. The van der Waals surface area contributed by atoms with E-state index in [1.54, 1.807) is 11.4 Å². The molecule has 1 aliphatic carbocycles. The lowest BCUT2D eigenvalue weighted by Crippen LogP contribution is -2.33. The molecule has 1 aromatic heterocycles. The van der Waals surface area contributed by atoms with Gasteiger partial charge in [0.1, 0.15) is 15.5 Å². The van der Waals surface area contributed by atoms with E-state index in [0.29, 0.717) is 5.69 Å². The number of anilines is 1. The highest BCUT2D eigenvalue weighted by atomic mass is 32.2. The second kappa shape index (κ2) is 8.93. The van der Waals surface area contributed by atoms with Crippen molar-refractivity contribution in [2.45, 2.75) is 36.6 Å². The van der Waals surface area contributed by atoms with Crippen molar-refractivity contribution in [3.05, 3.63) is 40.1 Å². The van der Waals surface area contributed by atoms with Crippen molar-refractivity contribution >= 4 is 38.9 Å². The van der Waals surface area contributed by atoms with Crippen molar-refractivity contribution in [2.24, 2.45) is 0 Å². The molecule has 0 saturated heterocycles. The summed E-state index contributed by atoms with van der Waals surface area (Å²) < 4.78 is 38.3. The van der Waals surface area contributed by atoms with Gasteiger partial charge in [-0.05, 0) is 42.5 Å². The number of esters is 1. The van der Waals surface area contributed by atoms with Gasteiger partial charge in [0.25, 0.3) is 5.91 Å². The summed E-state index contributed by atoms with van der Waals surface area (Å²) in [5.41, 5.74) is 0.427. The zero-order valence-electron chi connectivity index (χ0n) is 16.1. The molecule has 1 fully saturated rings. The first-order chi connectivity index (χ1) is 13.9. The fourth-order valence-corrected chi connectivity index (χ4v) is 5.47. The summed E-state index contributed by atoms with van der Waals surface area (Å²) in [5, 5.41) is 4.28. The Morgan fingerprint density at radius 2 is 1.86 bits per heavy atom. The zero-order chi connectivity index (χ0) is 21.0. The lowest BCUT2D eigenvalue weighted by molar-refractivity contribution is 0.0607. The predicted molar refractivity (Wildman–Crippen MR) is 109 cm³/mol. The number of carbonyl (C=O) groups excluding carboxylic acids is 2. The number of carbonyl (C=O) groups is 2. The zero-order valence-corrected chi connectivity index (χ0v) is 17.7. The van der Waals surface area contributed by atoms with Gasteiger partial charge >= 0.3 is 5.97 Å². The van der Waals surface area contributed by atoms with Crippen LogP contribution in [0, 0.1) is 0 Å². The fraction of sp³-hybridized carbons (Fsp3) is 0.368. The van der Waals surface area contributed by atoms with Crippen LogP contribution in [0.25, 0.3) is 0 Å². The van der Waals surface area contributed by atoms with E-state index in [0.717, 1.165) is 37.0 Å². The highest BCUT2D eigenvalue weighted by Crippen LogP contribution is 2.28. The van der Waals surface area contributed by atoms with Gasteiger partial charge in [-0.25, -0.2) is 17.9 Å². The predicted octanol–water partition coefficient (Wildman–Crippen LogP) is 3.02. The second-order valence-corrected chi connectivity index (χ2v) is 9.18. The van der Waals surface area contributed by atoms with Crippen LogP contribution >= 0.6 is 11.3 Å². The average Bonchev–Trinajstić information content (AvgIpc) is 3.38. The van der Waals surface area contributed by atoms with E-state index in [4.69, 9.17) is 9.47 Å². The normalized spacial score (nSPS) is 14.6. The van der Waals surface area contributed by atoms with E-state index >= 15 is 0 Å². The Balaban J connectivity index is 1.87. The summed E-state index contributed by atoms with van der Waals surface area (Å²) in [6.45, 7) is 0. The summed E-state index contributed by atoms with van der Waals surface area (Å²) in [4.78, 5) is 24.6. The summed E-state index contributed by atoms with van der Waals surface area (Å²) in [7, 11) is -1.23. The molecule has 29 heavy (non-hydrogen) atoms. The molecule has 8 nitrogen and oxygen atoms in total. The molecule has 0 bridgehead atoms. The first-order valence-corrected chi connectivity index (χ1v) is 11.4. The Morgan fingerprint density at radius 1 is 1.14 bits per heavy atom. The fourth-order valence-electron chi connectivity index (χ4n) is 3.21. The summed E-state index contributed by atoms with van der Waals surface area (Å²) in [6, 6.07) is 5.64. The monoisotopic (exact) mass is 438 g/mol. The molecule has 0 radical (unpaired) electrons. The van der Waals surface area contributed by atoms with Gasteiger partial charge < -0.3 is 14.8 Å². The molecule has 1 amide bonds. The lowest BCUT2D eigenvalue weighted by Gasteiger charge is -2.15. The number of nitrogens with one attached hydrogen (secondary N) is 2. The van der Waals surface area contributed by atoms with Gasteiger partial charge in [0, 0.05) is 11.6 Å². The number of methoxy groups -OCH3 is 2. The van der Waals surface area contributed by atoms with Crippen LogP contribution in [0.1, 0.15) is 45.7 Å². The SMILES string of the molecule is COC(=O)c1sccc1NC(=O)c1ccc(OC)c(S(=O)(=O)NC2CCCC2)c1. The molecule has 1 aromatic carbocycles. The van der Waals surface area contributed by atoms with Crippen LogP contribution in [0.5, 0.6) is 5.75 Å². The first kappa shape index (κ1) is 21.3. The van der Waals surface area contributed by atoms with E-state index in [-0.39, 0.29) is 27.1 Å². The third-order valence-corrected chi connectivity index (χ3v) is 7.11. The van der Waals surface area contributed by atoms with Gasteiger partial charge in [0.2, 0.25) is 10.0 Å². The molecule has 1 saturated carbocycles. The Morgan fingerprint density at radius 3 is 2.52 bits per heavy atom. The van der Waals surface area contributed by atoms with Crippen LogP contribution in [0.2, 0.25) is 0 Å². The highest BCUT2D eigenvalue weighted by molar-refractivity contribution is 7.89. The number of amides is 1. The van der Waals surface area contributed by atoms with E-state index in [2.05, 4.69) is 10.0 Å². The molecule has 0 aliphatic heterocycles. The number of ether oxygens (including phenoxy) is 2. The average molecular weight is 439 g/mol. The molecule has 1 aliphatic rings. The van der Waals surface area contributed by atoms with Crippen LogP contribution in [-0.2, 0) is 14.8 Å². The number of rotatable bonds is 7. The Hall–Kier alpha value is -2.43. The summed E-state index contributed by atoms with van der Waals surface area (Å²) in [6.07, 6.45) is 3.54. The second-order valence-electron chi connectivity index (χ2n) is 6.58. The number of hydrogen-bond donors (Lipinski definition) is 2. The summed E-state index contributed by atoms with van der Waals surface area (Å²) in [5.74, 6) is -0.958. The van der Waals surface area contributed by atoms with Gasteiger partial charge in [-0.3, -0.25) is 4.79 Å². The van der Waals surface area contributed by atoms with Crippen molar-refractivity contribution in [3.8, 4) is 5.75 Å². The van der Waals surface area contributed by atoms with E-state index in [1.807, 2.05) is 0 Å². The quantitative estimate of drug-likeness (QED) is 0.643. The van der Waals surface area contributed by atoms with Gasteiger partial charge in [0.05, 0.1) is 19.9 Å². The van der Waals surface area contributed by atoms with Crippen molar-refractivity contribution in [1.82, 2.24) is 4.72 Å². The number of sulfonamides is 1. The molecule has 0 spiro atoms. The van der Waals surface area contributed by atoms with Gasteiger partial charge in [-0.2, -0.15) is 0 Å². The highest BCUT2D eigenvalue weighted by Gasteiger charge is 2.27. The lowest BCUT2D eigenvalue weighted by atomic mass is 10.2. The molecule has 10 heteroatoms. The minimum absolute atomic E-state index is 0.0990. The topological polar surface area (TPSA) is 111 Å². The Kier molecular flexibility index (Phi) is 6.56. The smallest absolute Gasteiger partial charge is 0.350 e. The van der Waals surface area contributed by atoms with Crippen LogP contribution in [0.3, 0.4) is 0 Å². The maximum absolute atomic E-state index is 12.9. The number of hydrogen-bond acceptors (Lipinski definition) is 7. The molecular formula is C19H22N2O6S2. The third-order valence-electron chi connectivity index (χ3n) is 4.68. The minimum atomic E-state index is -3.86. The van der Waals surface area contributed by atoms with Crippen molar-refractivity contribution in [2.75, 3.05) is 19.5 Å². The van der Waals surface area contributed by atoms with Gasteiger partial charge in [-0.1, -0.05) is 12.8 Å². The van der Waals surface area contributed by atoms with E-state index < -0.39 is 21.9 Å². The summed E-state index contributed by atoms with van der Waals surface area (Å²) >= 11 is 1.14. The van der Waals surface area contributed by atoms with Gasteiger partial charge in [0.15, 0.2) is 0 Å². The van der Waals surface area contributed by atoms with Crippen LogP contribution < -0.4 is 14.8 Å². The Labute approximate surface area is 173 Å². The molecule has 2 aromatic rings. The maximum Gasteiger partial charge on any atom is 0.350 e. The third kappa shape index (κ3) is 4.77. The molecular weight excluding hydrogens is 416 g/mol. The molecule has 1 heterocycles. The number of benzene rings is 1. The van der Waals surface area contributed by atoms with Crippen LogP contribution in [0.15, 0.2) is 34.5 Å². The molecule has 0 atom stereocenters. The van der Waals surface area contributed by atoms with Crippen molar-refractivity contribution in [1.29, 1.82) is 0 Å². The van der Waals surface area contributed by atoms with Gasteiger partial charge in [-0.15, -0.1) is 11.3 Å². The van der Waals surface area contributed by atoms with E-state index in [9.17, 15) is 18.0 Å². The number of thiophene rings is 1. The molecule has 3 rings (SSSR count). The minimum Gasteiger partial charge on any atom is -0.495 e. The van der Waals surface area contributed by atoms with E-state index in [1.165, 1.54) is 32.4 Å². The standard InChI is InChI=1S/C19H22N2O6S2/c1-26-15-8-7-12(11-16(15)29(24,25)21-13-5-3-4-6-13)18(22)20-14-9-10-28-17(14)19(23)27-2/h7-11,13,21H,3-6H2,1-2H3,(H,20,22). The first-order valence-electron chi connectivity index (χ1n) is 9.03. The van der Waals surface area contributed by atoms with Crippen LogP contribution in [0.4, 0.5) is 5.69 Å².